The van der Waals surface area contributed by atoms with E-state index in [0.29, 0.717) is 6.54 Å². The highest BCUT2D eigenvalue weighted by molar-refractivity contribution is 6.44. The number of H-pyrrole nitrogens is 1. The number of aromatic amines is 1. The fourth-order valence-electron chi connectivity index (χ4n) is 4.34. The summed E-state index contributed by atoms with van der Waals surface area (Å²) in [6.45, 7) is 8.05. The van der Waals surface area contributed by atoms with E-state index < -0.39 is 17.3 Å². The second-order valence-corrected chi connectivity index (χ2v) is 9.66. The quantitative estimate of drug-likeness (QED) is 0.664. The average molecular weight is 470 g/mol. The van der Waals surface area contributed by atoms with Gasteiger partial charge in [0, 0.05) is 12.6 Å². The van der Waals surface area contributed by atoms with Gasteiger partial charge in [-0.25, -0.2) is 9.78 Å². The Hall–Kier alpha value is -2.10. The minimum Gasteiger partial charge on any atom is -0.472 e. The smallest absolute Gasteiger partial charge is 0.410 e. The molecule has 11 heteroatoms. The molecule has 168 valence electrons. The van der Waals surface area contributed by atoms with Crippen molar-refractivity contribution < 1.29 is 14.3 Å². The van der Waals surface area contributed by atoms with Gasteiger partial charge in [0.25, 0.3) is 5.56 Å². The minimum atomic E-state index is -0.573. The zero-order valence-corrected chi connectivity index (χ0v) is 19.3. The molecule has 0 aromatic carbocycles. The van der Waals surface area contributed by atoms with Gasteiger partial charge in [0.2, 0.25) is 5.88 Å². The van der Waals surface area contributed by atoms with E-state index in [1.807, 2.05) is 32.6 Å². The van der Waals surface area contributed by atoms with Gasteiger partial charge in [0.1, 0.15) is 27.6 Å². The first-order valence-electron chi connectivity index (χ1n) is 10.2. The van der Waals surface area contributed by atoms with Crippen molar-refractivity contribution in [3.05, 3.63) is 26.9 Å². The van der Waals surface area contributed by atoms with Crippen LogP contribution in [0.3, 0.4) is 0 Å². The van der Waals surface area contributed by atoms with Gasteiger partial charge in [-0.1, -0.05) is 23.2 Å². The lowest BCUT2D eigenvalue weighted by Gasteiger charge is -2.42. The molecule has 4 heterocycles. The summed E-state index contributed by atoms with van der Waals surface area (Å²) in [5.41, 5.74) is -0.776. The van der Waals surface area contributed by atoms with Crippen LogP contribution in [0.1, 0.15) is 40.5 Å². The van der Waals surface area contributed by atoms with Crippen LogP contribution < -0.4 is 15.6 Å². The van der Waals surface area contributed by atoms with Gasteiger partial charge in [0.05, 0.1) is 18.4 Å². The first kappa shape index (κ1) is 22.1. The van der Waals surface area contributed by atoms with E-state index in [4.69, 9.17) is 32.7 Å². The number of ether oxygens (including phenoxy) is 2. The Labute approximate surface area is 189 Å². The lowest BCUT2D eigenvalue weighted by molar-refractivity contribution is -0.00491. The first-order valence-corrected chi connectivity index (χ1v) is 11.0. The monoisotopic (exact) mass is 469 g/mol. The molecule has 1 amide bonds. The number of nitrogens with one attached hydrogen (secondary N) is 2. The SMILES string of the molecule is CC(Oc1nc(Cl)c(Cl)c2nc[nH]c(=O)c12)C1NCC2CCC1N2C(=O)OC(C)(C)C. The number of amides is 1. The van der Waals surface area contributed by atoms with E-state index in [2.05, 4.69) is 20.3 Å². The highest BCUT2D eigenvalue weighted by Crippen LogP contribution is 2.35. The summed E-state index contributed by atoms with van der Waals surface area (Å²) in [7, 11) is 0. The maximum Gasteiger partial charge on any atom is 0.410 e. The number of hydrogen-bond donors (Lipinski definition) is 2. The van der Waals surface area contributed by atoms with Gasteiger partial charge in [-0.05, 0) is 40.5 Å². The third-order valence-electron chi connectivity index (χ3n) is 5.61. The van der Waals surface area contributed by atoms with E-state index in [-0.39, 0.29) is 51.2 Å². The van der Waals surface area contributed by atoms with E-state index in [9.17, 15) is 9.59 Å². The van der Waals surface area contributed by atoms with Crippen molar-refractivity contribution in [2.24, 2.45) is 0 Å². The first-order chi connectivity index (χ1) is 14.6. The molecule has 0 aliphatic carbocycles. The molecular formula is C20H25Cl2N5O4. The van der Waals surface area contributed by atoms with Crippen LogP contribution in [0.4, 0.5) is 4.79 Å². The summed E-state index contributed by atoms with van der Waals surface area (Å²) >= 11 is 12.3. The van der Waals surface area contributed by atoms with Crippen molar-refractivity contribution in [3.63, 3.8) is 0 Å². The fraction of sp³-hybridized carbons (Fsp3) is 0.600. The van der Waals surface area contributed by atoms with Crippen LogP contribution in [-0.2, 0) is 4.74 Å². The molecule has 4 atom stereocenters. The number of aromatic nitrogens is 3. The maximum atomic E-state index is 12.8. The van der Waals surface area contributed by atoms with Crippen molar-refractivity contribution in [3.8, 4) is 5.88 Å². The number of carbonyl (C=O) groups is 1. The van der Waals surface area contributed by atoms with Gasteiger partial charge in [0.15, 0.2) is 5.15 Å². The molecule has 4 unspecified atom stereocenters. The van der Waals surface area contributed by atoms with Gasteiger partial charge < -0.3 is 19.8 Å². The lowest BCUT2D eigenvalue weighted by atomic mass is 10.0. The molecule has 0 saturated carbocycles. The molecule has 2 fully saturated rings. The fourth-order valence-corrected chi connectivity index (χ4v) is 4.69. The van der Waals surface area contributed by atoms with Crippen molar-refractivity contribution in [2.75, 3.05) is 6.54 Å². The predicted molar refractivity (Wildman–Crippen MR) is 117 cm³/mol. The summed E-state index contributed by atoms with van der Waals surface area (Å²) in [4.78, 5) is 37.9. The van der Waals surface area contributed by atoms with Crippen LogP contribution in [-0.4, -0.2) is 62.3 Å². The second kappa shape index (κ2) is 8.11. The van der Waals surface area contributed by atoms with Gasteiger partial charge in [-0.15, -0.1) is 0 Å². The topological polar surface area (TPSA) is 109 Å². The second-order valence-electron chi connectivity index (χ2n) is 8.92. The zero-order valence-electron chi connectivity index (χ0n) is 17.7. The lowest BCUT2D eigenvalue weighted by Crippen LogP contribution is -2.64. The zero-order chi connectivity index (χ0) is 22.5. The van der Waals surface area contributed by atoms with Crippen molar-refractivity contribution in [1.29, 1.82) is 0 Å². The summed E-state index contributed by atoms with van der Waals surface area (Å²) in [6, 6.07) is -0.207. The average Bonchev–Trinajstić information content (AvgIpc) is 2.97. The van der Waals surface area contributed by atoms with Crippen molar-refractivity contribution in [2.45, 2.75) is 70.4 Å². The highest BCUT2D eigenvalue weighted by Gasteiger charge is 2.48. The third kappa shape index (κ3) is 4.18. The van der Waals surface area contributed by atoms with Gasteiger partial charge in [-0.3, -0.25) is 9.69 Å². The molecular weight excluding hydrogens is 445 g/mol. The number of fused-ring (bicyclic) bond motifs is 3. The van der Waals surface area contributed by atoms with Crippen LogP contribution >= 0.6 is 23.2 Å². The highest BCUT2D eigenvalue weighted by atomic mass is 35.5. The molecule has 31 heavy (non-hydrogen) atoms. The van der Waals surface area contributed by atoms with E-state index in [1.54, 1.807) is 0 Å². The normalized spacial score (nSPS) is 24.3. The van der Waals surface area contributed by atoms with E-state index >= 15 is 0 Å². The molecule has 2 aromatic rings. The summed E-state index contributed by atoms with van der Waals surface area (Å²) in [5.74, 6) is 0.0528. The number of hydrogen-bond acceptors (Lipinski definition) is 7. The number of rotatable bonds is 3. The van der Waals surface area contributed by atoms with E-state index in [1.165, 1.54) is 6.33 Å². The molecule has 9 nitrogen and oxygen atoms in total. The number of pyridine rings is 1. The number of halogens is 2. The molecule has 2 aliphatic rings. The minimum absolute atomic E-state index is 0.00221. The molecule has 2 saturated heterocycles. The van der Waals surface area contributed by atoms with Crippen molar-refractivity contribution in [1.82, 2.24) is 25.2 Å². The van der Waals surface area contributed by atoms with Crippen LogP contribution in [0.25, 0.3) is 10.9 Å². The molecule has 2 aromatic heterocycles. The Morgan fingerprint density at radius 3 is 2.77 bits per heavy atom. The largest absolute Gasteiger partial charge is 0.472 e. The summed E-state index contributed by atoms with van der Waals surface area (Å²) in [5, 5.41) is 3.70. The predicted octanol–water partition coefficient (Wildman–Crippen LogP) is 3.13. The summed E-state index contributed by atoms with van der Waals surface area (Å²) < 4.78 is 11.7. The Balaban J connectivity index is 1.61. The van der Waals surface area contributed by atoms with Crippen LogP contribution in [0.5, 0.6) is 5.88 Å². The van der Waals surface area contributed by atoms with Gasteiger partial charge in [-0.2, -0.15) is 4.98 Å². The van der Waals surface area contributed by atoms with Crippen LogP contribution in [0.2, 0.25) is 10.2 Å². The molecule has 2 bridgehead atoms. The standard InChI is InChI=1S/C20H25Cl2N5O4/c1-9(30-18-12-15(13(21)16(22)26-18)24-8-25-17(12)28)14-11-6-5-10(7-23-14)27(11)19(29)31-20(2,3)4/h8-11,14,23H,5-7H2,1-4H3,(H,24,25,28). The van der Waals surface area contributed by atoms with E-state index in [0.717, 1.165) is 12.8 Å². The maximum absolute atomic E-state index is 12.8. The number of piperazine rings is 1. The Morgan fingerprint density at radius 2 is 2.06 bits per heavy atom. The third-order valence-corrected chi connectivity index (χ3v) is 6.34. The number of nitrogens with zero attached hydrogens (tertiary/aromatic N) is 3. The Morgan fingerprint density at radius 1 is 1.32 bits per heavy atom. The molecule has 4 rings (SSSR count). The molecule has 2 N–H and O–H groups in total. The van der Waals surface area contributed by atoms with Crippen molar-refractivity contribution >= 4 is 40.2 Å². The van der Waals surface area contributed by atoms with Crippen LogP contribution in [0.15, 0.2) is 11.1 Å². The molecule has 0 spiro atoms. The molecule has 2 aliphatic heterocycles. The van der Waals surface area contributed by atoms with Gasteiger partial charge >= 0.3 is 6.09 Å². The molecule has 0 radical (unpaired) electrons. The Bertz CT molecular complexity index is 1070. The summed E-state index contributed by atoms with van der Waals surface area (Å²) in [6.07, 6.45) is 2.21. The van der Waals surface area contributed by atoms with Crippen LogP contribution in [0, 0.1) is 0 Å². The number of carbonyl (C=O) groups excluding carboxylic acids is 1. The Kier molecular flexibility index (Phi) is 5.78.